The highest BCUT2D eigenvalue weighted by Gasteiger charge is 2.33. The normalized spacial score (nSPS) is 26.8. The lowest BCUT2D eigenvalue weighted by molar-refractivity contribution is 0.177. The molecule has 3 aliphatic heterocycles. The van der Waals surface area contributed by atoms with Gasteiger partial charge in [0.15, 0.2) is 5.82 Å². The highest BCUT2D eigenvalue weighted by molar-refractivity contribution is 5.75. The summed E-state index contributed by atoms with van der Waals surface area (Å²) >= 11 is 0. The fraction of sp³-hybridized carbons (Fsp3) is 0.824. The van der Waals surface area contributed by atoms with Crippen LogP contribution in [-0.2, 0) is 17.9 Å². The summed E-state index contributed by atoms with van der Waals surface area (Å²) in [6.45, 7) is 5.34. The van der Waals surface area contributed by atoms with Gasteiger partial charge in [0.05, 0.1) is 6.04 Å². The maximum absolute atomic E-state index is 12.7. The van der Waals surface area contributed by atoms with Gasteiger partial charge in [-0.05, 0) is 45.2 Å². The first-order chi connectivity index (χ1) is 12.2. The van der Waals surface area contributed by atoms with E-state index in [0.29, 0.717) is 18.5 Å². The molecule has 1 N–H and O–H groups in total. The quantitative estimate of drug-likeness (QED) is 0.883. The van der Waals surface area contributed by atoms with E-state index in [-0.39, 0.29) is 12.1 Å². The highest BCUT2D eigenvalue weighted by Crippen LogP contribution is 2.25. The number of nitrogens with zero attached hydrogens (tertiary/aromatic N) is 5. The lowest BCUT2D eigenvalue weighted by atomic mass is 10.1. The topological polar surface area (TPSA) is 75.5 Å². The van der Waals surface area contributed by atoms with Crippen LogP contribution < -0.4 is 5.32 Å². The van der Waals surface area contributed by atoms with E-state index >= 15 is 0 Å². The van der Waals surface area contributed by atoms with Crippen LogP contribution in [0.25, 0.3) is 0 Å². The molecule has 0 bridgehead atoms. The Hall–Kier alpha value is -1.67. The summed E-state index contributed by atoms with van der Waals surface area (Å²) in [4.78, 5) is 21.8. The second kappa shape index (κ2) is 7.29. The van der Waals surface area contributed by atoms with Gasteiger partial charge < -0.3 is 15.0 Å². The first-order valence-electron chi connectivity index (χ1n) is 9.46. The van der Waals surface area contributed by atoms with E-state index in [0.717, 1.165) is 44.7 Å². The van der Waals surface area contributed by atoms with Crippen LogP contribution in [0, 0.1) is 0 Å². The first kappa shape index (κ1) is 16.8. The summed E-state index contributed by atoms with van der Waals surface area (Å²) in [6.07, 6.45) is 5.60. The number of hydrogen-bond acceptors (Lipinski definition) is 5. The predicted octanol–water partition coefficient (Wildman–Crippen LogP) is 1.14. The summed E-state index contributed by atoms with van der Waals surface area (Å²) in [5.74, 6) is 1.55. The first-order valence-corrected chi connectivity index (χ1v) is 9.46. The standard InChI is InChI=1S/C17H28N6O2/c1-25-12-15-19-16-14(5-4-9-23(16)20-15)18-17(24)22-10-6-13(11-22)21-7-2-3-8-21/h13-14H,2-12H2,1H3,(H,18,24). The van der Waals surface area contributed by atoms with Gasteiger partial charge in [0.2, 0.25) is 0 Å². The Kier molecular flexibility index (Phi) is 4.89. The molecule has 1 aromatic heterocycles. The van der Waals surface area contributed by atoms with E-state index in [1.54, 1.807) is 7.11 Å². The molecule has 2 amide bonds. The second-order valence-electron chi connectivity index (χ2n) is 7.32. The van der Waals surface area contributed by atoms with E-state index < -0.39 is 0 Å². The SMILES string of the molecule is COCc1nc2n(n1)CCCC2NC(=O)N1CCC(N2CCCC2)C1. The molecule has 25 heavy (non-hydrogen) atoms. The van der Waals surface area contributed by atoms with Gasteiger partial charge in [-0.1, -0.05) is 0 Å². The van der Waals surface area contributed by atoms with Crippen LogP contribution in [0.2, 0.25) is 0 Å². The summed E-state index contributed by atoms with van der Waals surface area (Å²) in [5, 5.41) is 7.66. The molecule has 8 nitrogen and oxygen atoms in total. The Bertz CT molecular complexity index is 612. The lowest BCUT2D eigenvalue weighted by Gasteiger charge is -2.27. The molecular formula is C17H28N6O2. The minimum atomic E-state index is -0.0507. The number of carbonyl (C=O) groups is 1. The van der Waals surface area contributed by atoms with Crippen molar-refractivity contribution in [2.45, 2.75) is 57.3 Å². The van der Waals surface area contributed by atoms with Crippen LogP contribution in [0.15, 0.2) is 0 Å². The number of fused-ring (bicyclic) bond motifs is 1. The zero-order valence-corrected chi connectivity index (χ0v) is 15.0. The number of nitrogens with one attached hydrogen (secondary N) is 1. The Morgan fingerprint density at radius 2 is 2.04 bits per heavy atom. The third kappa shape index (κ3) is 3.50. The van der Waals surface area contributed by atoms with Crippen molar-refractivity contribution in [2.24, 2.45) is 0 Å². The average Bonchev–Trinajstić information content (AvgIpc) is 3.35. The Labute approximate surface area is 148 Å². The number of methoxy groups -OCH3 is 1. The van der Waals surface area contributed by atoms with Crippen LogP contribution in [0.3, 0.4) is 0 Å². The third-order valence-corrected chi connectivity index (χ3v) is 5.60. The van der Waals surface area contributed by atoms with Crippen LogP contribution >= 0.6 is 0 Å². The minimum absolute atomic E-state index is 0.0384. The van der Waals surface area contributed by atoms with Crippen LogP contribution in [0.5, 0.6) is 0 Å². The molecule has 8 heteroatoms. The Morgan fingerprint density at radius 1 is 1.20 bits per heavy atom. The van der Waals surface area contributed by atoms with Gasteiger partial charge in [0.25, 0.3) is 0 Å². The molecule has 0 aliphatic carbocycles. The number of rotatable bonds is 4. The number of aryl methyl sites for hydroxylation is 1. The molecule has 4 rings (SSSR count). The average molecular weight is 348 g/mol. The zero-order valence-electron chi connectivity index (χ0n) is 15.0. The molecule has 2 unspecified atom stereocenters. The van der Waals surface area contributed by atoms with E-state index in [2.05, 4.69) is 20.3 Å². The summed E-state index contributed by atoms with van der Waals surface area (Å²) in [6, 6.07) is 0.526. The molecule has 2 fully saturated rings. The van der Waals surface area contributed by atoms with Crippen molar-refractivity contribution >= 4 is 6.03 Å². The highest BCUT2D eigenvalue weighted by atomic mass is 16.5. The van der Waals surface area contributed by atoms with E-state index in [9.17, 15) is 4.79 Å². The van der Waals surface area contributed by atoms with Crippen molar-refractivity contribution < 1.29 is 9.53 Å². The molecular weight excluding hydrogens is 320 g/mol. The van der Waals surface area contributed by atoms with Gasteiger partial charge in [-0.3, -0.25) is 4.90 Å². The van der Waals surface area contributed by atoms with Gasteiger partial charge in [0, 0.05) is 32.8 Å². The number of likely N-dealkylation sites (tertiary alicyclic amines) is 2. The summed E-state index contributed by atoms with van der Waals surface area (Å²) in [7, 11) is 1.64. The maximum Gasteiger partial charge on any atom is 0.318 e. The molecule has 3 aliphatic rings. The van der Waals surface area contributed by atoms with E-state index in [1.165, 1.54) is 25.9 Å². The van der Waals surface area contributed by atoms with Crippen LogP contribution in [0.4, 0.5) is 4.79 Å². The summed E-state index contributed by atoms with van der Waals surface area (Å²) < 4.78 is 7.04. The van der Waals surface area contributed by atoms with Gasteiger partial charge in [0.1, 0.15) is 12.4 Å². The number of amides is 2. The number of aromatic nitrogens is 3. The van der Waals surface area contributed by atoms with E-state index in [1.807, 2.05) is 9.58 Å². The van der Waals surface area contributed by atoms with Gasteiger partial charge in [-0.25, -0.2) is 14.5 Å². The molecule has 2 atom stereocenters. The minimum Gasteiger partial charge on any atom is -0.377 e. The fourth-order valence-electron chi connectivity index (χ4n) is 4.30. The van der Waals surface area contributed by atoms with Crippen molar-refractivity contribution in [1.82, 2.24) is 29.9 Å². The molecule has 138 valence electrons. The molecule has 0 radical (unpaired) electrons. The third-order valence-electron chi connectivity index (χ3n) is 5.60. The van der Waals surface area contributed by atoms with Crippen molar-refractivity contribution in [3.05, 3.63) is 11.6 Å². The molecule has 1 aromatic rings. The Balaban J connectivity index is 1.37. The zero-order chi connectivity index (χ0) is 17.2. The fourth-order valence-corrected chi connectivity index (χ4v) is 4.30. The molecule has 0 spiro atoms. The van der Waals surface area contributed by atoms with Gasteiger partial charge in [-0.2, -0.15) is 5.10 Å². The number of hydrogen-bond donors (Lipinski definition) is 1. The number of ether oxygens (including phenoxy) is 1. The lowest BCUT2D eigenvalue weighted by Crippen LogP contribution is -2.44. The Morgan fingerprint density at radius 3 is 2.84 bits per heavy atom. The largest absolute Gasteiger partial charge is 0.377 e. The molecule has 0 aromatic carbocycles. The second-order valence-corrected chi connectivity index (χ2v) is 7.32. The van der Waals surface area contributed by atoms with Crippen molar-refractivity contribution in [1.29, 1.82) is 0 Å². The van der Waals surface area contributed by atoms with Crippen LogP contribution in [0.1, 0.15) is 49.8 Å². The number of urea groups is 1. The van der Waals surface area contributed by atoms with Crippen LogP contribution in [-0.4, -0.2) is 69.9 Å². The summed E-state index contributed by atoms with van der Waals surface area (Å²) in [5.41, 5.74) is 0. The van der Waals surface area contributed by atoms with Crippen molar-refractivity contribution in [3.63, 3.8) is 0 Å². The van der Waals surface area contributed by atoms with Crippen molar-refractivity contribution in [3.8, 4) is 0 Å². The number of carbonyl (C=O) groups excluding carboxylic acids is 1. The molecule has 0 saturated carbocycles. The van der Waals surface area contributed by atoms with Gasteiger partial charge >= 0.3 is 6.03 Å². The van der Waals surface area contributed by atoms with Gasteiger partial charge in [-0.15, -0.1) is 0 Å². The molecule has 2 saturated heterocycles. The monoisotopic (exact) mass is 348 g/mol. The van der Waals surface area contributed by atoms with E-state index in [4.69, 9.17) is 4.74 Å². The van der Waals surface area contributed by atoms with Crippen molar-refractivity contribution in [2.75, 3.05) is 33.3 Å². The molecule has 4 heterocycles. The maximum atomic E-state index is 12.7. The predicted molar refractivity (Wildman–Crippen MR) is 92.0 cm³/mol. The smallest absolute Gasteiger partial charge is 0.318 e.